The van der Waals surface area contributed by atoms with Gasteiger partial charge in [-0.1, -0.05) is 38.1 Å². The molecular formula is C16H26N2. The van der Waals surface area contributed by atoms with E-state index in [2.05, 4.69) is 49.9 Å². The van der Waals surface area contributed by atoms with Crippen molar-refractivity contribution in [1.82, 2.24) is 4.90 Å². The zero-order valence-corrected chi connectivity index (χ0v) is 11.9. The van der Waals surface area contributed by atoms with E-state index in [1.54, 1.807) is 0 Å². The quantitative estimate of drug-likeness (QED) is 0.885. The Labute approximate surface area is 111 Å². The van der Waals surface area contributed by atoms with Crippen LogP contribution < -0.4 is 5.73 Å². The van der Waals surface area contributed by atoms with Gasteiger partial charge in [0.05, 0.1) is 0 Å². The number of nitrogens with two attached hydrogens (primary N) is 1. The van der Waals surface area contributed by atoms with Crippen molar-refractivity contribution < 1.29 is 0 Å². The molecule has 0 saturated carbocycles. The summed E-state index contributed by atoms with van der Waals surface area (Å²) in [7, 11) is 0. The number of rotatable bonds is 4. The van der Waals surface area contributed by atoms with Crippen molar-refractivity contribution in [3.8, 4) is 0 Å². The average molecular weight is 246 g/mol. The van der Waals surface area contributed by atoms with Crippen molar-refractivity contribution in [2.75, 3.05) is 13.1 Å². The Morgan fingerprint density at radius 2 is 2.06 bits per heavy atom. The molecule has 1 aromatic carbocycles. The van der Waals surface area contributed by atoms with Crippen LogP contribution in [0.25, 0.3) is 0 Å². The summed E-state index contributed by atoms with van der Waals surface area (Å²) in [4.78, 5) is 2.60. The molecule has 2 heteroatoms. The third kappa shape index (κ3) is 2.60. The van der Waals surface area contributed by atoms with Gasteiger partial charge in [0.15, 0.2) is 0 Å². The minimum atomic E-state index is 0.390. The van der Waals surface area contributed by atoms with Crippen LogP contribution in [0.15, 0.2) is 24.3 Å². The highest BCUT2D eigenvalue weighted by molar-refractivity contribution is 5.30. The summed E-state index contributed by atoms with van der Waals surface area (Å²) in [6, 6.07) is 9.81. The topological polar surface area (TPSA) is 29.3 Å². The first-order chi connectivity index (χ1) is 8.67. The molecule has 100 valence electrons. The maximum Gasteiger partial charge on any atom is 0.0476 e. The molecule has 0 radical (unpaired) electrons. The molecule has 1 aliphatic rings. The normalized spacial score (nSPS) is 26.4. The van der Waals surface area contributed by atoms with Gasteiger partial charge in [0, 0.05) is 25.2 Å². The Bertz CT molecular complexity index is 388. The van der Waals surface area contributed by atoms with E-state index in [0.717, 1.165) is 12.3 Å². The minimum Gasteiger partial charge on any atom is -0.329 e. The second-order valence-electron chi connectivity index (χ2n) is 5.69. The Hall–Kier alpha value is -0.860. The lowest BCUT2D eigenvalue weighted by atomic mass is 9.97. The Balaban J connectivity index is 2.28. The van der Waals surface area contributed by atoms with Gasteiger partial charge in [-0.15, -0.1) is 0 Å². The molecule has 0 aliphatic carbocycles. The molecule has 1 fully saturated rings. The first kappa shape index (κ1) is 13.6. The summed E-state index contributed by atoms with van der Waals surface area (Å²) in [5, 5.41) is 0. The molecule has 2 nitrogen and oxygen atoms in total. The molecule has 0 aromatic heterocycles. The predicted octanol–water partition coefficient (Wildman–Crippen LogP) is 2.98. The summed E-state index contributed by atoms with van der Waals surface area (Å²) in [5.41, 5.74) is 8.95. The van der Waals surface area contributed by atoms with E-state index in [1.807, 2.05) is 0 Å². The summed E-state index contributed by atoms with van der Waals surface area (Å²) in [5.74, 6) is 0.794. The summed E-state index contributed by atoms with van der Waals surface area (Å²) < 4.78 is 0. The Morgan fingerprint density at radius 3 is 2.61 bits per heavy atom. The van der Waals surface area contributed by atoms with Crippen molar-refractivity contribution in [3.63, 3.8) is 0 Å². The number of aryl methyl sites for hydroxylation is 1. The highest BCUT2D eigenvalue weighted by atomic mass is 15.2. The molecule has 1 aromatic rings. The standard InChI is InChI=1S/C16H26N2/c1-4-14-7-5-6-8-15(14)16(10-17)18-11-12(2)9-13(18)3/h5-8,12-13,16H,4,9-11,17H2,1-3H3. The first-order valence-electron chi connectivity index (χ1n) is 7.21. The van der Waals surface area contributed by atoms with Crippen molar-refractivity contribution >= 4 is 0 Å². The molecule has 0 spiro atoms. The monoisotopic (exact) mass is 246 g/mol. The number of likely N-dealkylation sites (tertiary alicyclic amines) is 1. The van der Waals surface area contributed by atoms with Crippen LogP contribution >= 0.6 is 0 Å². The van der Waals surface area contributed by atoms with Gasteiger partial charge in [-0.25, -0.2) is 0 Å². The van der Waals surface area contributed by atoms with Gasteiger partial charge in [-0.2, -0.15) is 0 Å². The van der Waals surface area contributed by atoms with E-state index >= 15 is 0 Å². The van der Waals surface area contributed by atoms with Gasteiger partial charge in [0.25, 0.3) is 0 Å². The zero-order chi connectivity index (χ0) is 13.1. The van der Waals surface area contributed by atoms with Crippen LogP contribution in [-0.2, 0) is 6.42 Å². The van der Waals surface area contributed by atoms with Crippen molar-refractivity contribution in [3.05, 3.63) is 35.4 Å². The lowest BCUT2D eigenvalue weighted by Crippen LogP contribution is -2.36. The van der Waals surface area contributed by atoms with E-state index in [4.69, 9.17) is 5.73 Å². The molecular weight excluding hydrogens is 220 g/mol. The van der Waals surface area contributed by atoms with Gasteiger partial charge >= 0.3 is 0 Å². The van der Waals surface area contributed by atoms with Crippen LogP contribution in [-0.4, -0.2) is 24.0 Å². The fourth-order valence-corrected chi connectivity index (χ4v) is 3.39. The highest BCUT2D eigenvalue weighted by Gasteiger charge is 2.32. The van der Waals surface area contributed by atoms with Gasteiger partial charge in [0.2, 0.25) is 0 Å². The van der Waals surface area contributed by atoms with Crippen molar-refractivity contribution in [1.29, 1.82) is 0 Å². The molecule has 18 heavy (non-hydrogen) atoms. The summed E-state index contributed by atoms with van der Waals surface area (Å²) in [6.45, 7) is 8.80. The van der Waals surface area contributed by atoms with Gasteiger partial charge in [-0.3, -0.25) is 4.90 Å². The van der Waals surface area contributed by atoms with Crippen molar-refractivity contribution in [2.45, 2.75) is 45.7 Å². The van der Waals surface area contributed by atoms with Crippen LogP contribution in [0.1, 0.15) is 44.4 Å². The Kier molecular flexibility index (Phi) is 4.41. The number of hydrogen-bond donors (Lipinski definition) is 1. The molecule has 2 rings (SSSR count). The van der Waals surface area contributed by atoms with Crippen LogP contribution in [0, 0.1) is 5.92 Å². The van der Waals surface area contributed by atoms with E-state index in [0.29, 0.717) is 18.6 Å². The Morgan fingerprint density at radius 1 is 1.33 bits per heavy atom. The maximum atomic E-state index is 6.07. The summed E-state index contributed by atoms with van der Waals surface area (Å²) in [6.07, 6.45) is 2.38. The largest absolute Gasteiger partial charge is 0.329 e. The van der Waals surface area contributed by atoms with Gasteiger partial charge in [0.1, 0.15) is 0 Å². The maximum absolute atomic E-state index is 6.07. The third-order valence-corrected chi connectivity index (χ3v) is 4.25. The third-order valence-electron chi connectivity index (χ3n) is 4.25. The molecule has 0 bridgehead atoms. The first-order valence-corrected chi connectivity index (χ1v) is 7.21. The van der Waals surface area contributed by atoms with Gasteiger partial charge < -0.3 is 5.73 Å². The molecule has 0 amide bonds. The van der Waals surface area contributed by atoms with E-state index in [-0.39, 0.29) is 0 Å². The highest BCUT2D eigenvalue weighted by Crippen LogP contribution is 2.32. The molecule has 1 saturated heterocycles. The molecule has 1 heterocycles. The molecule has 3 atom stereocenters. The molecule has 1 aliphatic heterocycles. The lowest BCUT2D eigenvalue weighted by molar-refractivity contribution is 0.191. The smallest absolute Gasteiger partial charge is 0.0476 e. The number of hydrogen-bond acceptors (Lipinski definition) is 2. The van der Waals surface area contributed by atoms with E-state index in [1.165, 1.54) is 24.1 Å². The van der Waals surface area contributed by atoms with Crippen LogP contribution in [0.5, 0.6) is 0 Å². The van der Waals surface area contributed by atoms with E-state index < -0.39 is 0 Å². The second-order valence-corrected chi connectivity index (χ2v) is 5.69. The average Bonchev–Trinajstić information content (AvgIpc) is 2.70. The summed E-state index contributed by atoms with van der Waals surface area (Å²) >= 11 is 0. The second kappa shape index (κ2) is 5.85. The van der Waals surface area contributed by atoms with Gasteiger partial charge in [-0.05, 0) is 36.8 Å². The molecule has 2 N–H and O–H groups in total. The van der Waals surface area contributed by atoms with Crippen LogP contribution in [0.2, 0.25) is 0 Å². The predicted molar refractivity (Wildman–Crippen MR) is 77.6 cm³/mol. The van der Waals surface area contributed by atoms with Crippen LogP contribution in [0.4, 0.5) is 0 Å². The minimum absolute atomic E-state index is 0.390. The fourth-order valence-electron chi connectivity index (χ4n) is 3.39. The fraction of sp³-hybridized carbons (Fsp3) is 0.625. The van der Waals surface area contributed by atoms with Crippen molar-refractivity contribution in [2.24, 2.45) is 11.7 Å². The lowest BCUT2D eigenvalue weighted by Gasteiger charge is -2.32. The zero-order valence-electron chi connectivity index (χ0n) is 11.9. The SMILES string of the molecule is CCc1ccccc1C(CN)N1CC(C)CC1C. The number of benzene rings is 1. The number of nitrogens with zero attached hydrogens (tertiary/aromatic N) is 1. The van der Waals surface area contributed by atoms with Crippen LogP contribution in [0.3, 0.4) is 0 Å². The molecule has 3 unspecified atom stereocenters. The van der Waals surface area contributed by atoms with E-state index in [9.17, 15) is 0 Å².